The Bertz CT molecular complexity index is 491. The molecule has 0 unspecified atom stereocenters. The van der Waals surface area contributed by atoms with Gasteiger partial charge in [-0.15, -0.1) is 0 Å². The third kappa shape index (κ3) is 3.69. The fourth-order valence-corrected chi connectivity index (χ4v) is 2.81. The Labute approximate surface area is 131 Å². The van der Waals surface area contributed by atoms with Crippen LogP contribution in [0.25, 0.3) is 0 Å². The molecule has 0 amide bonds. The largest absolute Gasteiger partial charge is 0.489 e. The molecule has 0 atom stereocenters. The highest BCUT2D eigenvalue weighted by molar-refractivity contribution is 14.1. The topological polar surface area (TPSA) is 9.23 Å². The van der Waals surface area contributed by atoms with Gasteiger partial charge >= 0.3 is 0 Å². The van der Waals surface area contributed by atoms with E-state index < -0.39 is 0 Å². The lowest BCUT2D eigenvalue weighted by atomic mass is 10.2. The molecule has 2 rings (SSSR count). The number of benzene rings is 2. The SMILES string of the molecule is Brc1cc(OCc2ccccc2)cc(Br)c1I. The highest BCUT2D eigenvalue weighted by atomic mass is 127. The van der Waals surface area contributed by atoms with Crippen LogP contribution >= 0.6 is 54.5 Å². The molecule has 0 saturated heterocycles. The van der Waals surface area contributed by atoms with E-state index in [1.54, 1.807) is 0 Å². The lowest BCUT2D eigenvalue weighted by molar-refractivity contribution is 0.306. The summed E-state index contributed by atoms with van der Waals surface area (Å²) in [6.45, 7) is 0.584. The van der Waals surface area contributed by atoms with Crippen LogP contribution in [0.5, 0.6) is 5.75 Å². The number of rotatable bonds is 3. The van der Waals surface area contributed by atoms with E-state index in [2.05, 4.69) is 66.6 Å². The van der Waals surface area contributed by atoms with Crippen molar-refractivity contribution < 1.29 is 4.74 Å². The summed E-state index contributed by atoms with van der Waals surface area (Å²) in [6, 6.07) is 14.1. The van der Waals surface area contributed by atoms with Crippen LogP contribution in [0.3, 0.4) is 0 Å². The zero-order valence-electron chi connectivity index (χ0n) is 8.79. The van der Waals surface area contributed by atoms with Crippen LogP contribution in [0.15, 0.2) is 51.4 Å². The van der Waals surface area contributed by atoms with E-state index in [0.717, 1.165) is 18.3 Å². The van der Waals surface area contributed by atoms with Crippen LogP contribution in [0.2, 0.25) is 0 Å². The molecule has 0 aromatic heterocycles. The second kappa shape index (κ2) is 6.20. The van der Waals surface area contributed by atoms with Gasteiger partial charge in [-0.2, -0.15) is 0 Å². The van der Waals surface area contributed by atoms with Gasteiger partial charge in [0, 0.05) is 12.5 Å². The molecule has 2 aromatic carbocycles. The standard InChI is InChI=1S/C13H9Br2IO/c14-11-6-10(7-12(15)13(11)16)17-8-9-4-2-1-3-5-9/h1-7H,8H2. The minimum atomic E-state index is 0.584. The summed E-state index contributed by atoms with van der Waals surface area (Å²) in [5.74, 6) is 0.855. The van der Waals surface area contributed by atoms with E-state index in [-0.39, 0.29) is 0 Å². The second-order valence-corrected chi connectivity index (χ2v) is 6.26. The predicted molar refractivity (Wildman–Crippen MR) is 85.3 cm³/mol. The molecule has 0 saturated carbocycles. The maximum absolute atomic E-state index is 5.75. The van der Waals surface area contributed by atoms with Crippen molar-refractivity contribution in [1.82, 2.24) is 0 Å². The van der Waals surface area contributed by atoms with Crippen LogP contribution in [0, 0.1) is 3.57 Å². The summed E-state index contributed by atoms with van der Waals surface area (Å²) in [6.07, 6.45) is 0. The van der Waals surface area contributed by atoms with Crippen LogP contribution in [-0.4, -0.2) is 0 Å². The fourth-order valence-electron chi connectivity index (χ4n) is 1.36. The number of hydrogen-bond acceptors (Lipinski definition) is 1. The zero-order valence-corrected chi connectivity index (χ0v) is 14.1. The molecule has 88 valence electrons. The molecular weight excluding hydrogens is 459 g/mol. The highest BCUT2D eigenvalue weighted by Gasteiger charge is 2.05. The summed E-state index contributed by atoms with van der Waals surface area (Å²) in [5.41, 5.74) is 1.17. The molecule has 17 heavy (non-hydrogen) atoms. The lowest BCUT2D eigenvalue weighted by Crippen LogP contribution is -1.95. The maximum Gasteiger partial charge on any atom is 0.122 e. The van der Waals surface area contributed by atoms with E-state index in [0.29, 0.717) is 6.61 Å². The first-order valence-corrected chi connectivity index (χ1v) is 7.64. The van der Waals surface area contributed by atoms with Gasteiger partial charge in [-0.05, 0) is 72.1 Å². The lowest BCUT2D eigenvalue weighted by Gasteiger charge is -2.08. The summed E-state index contributed by atoms with van der Waals surface area (Å²) in [7, 11) is 0. The van der Waals surface area contributed by atoms with Crippen molar-refractivity contribution in [3.05, 3.63) is 60.5 Å². The van der Waals surface area contributed by atoms with Crippen molar-refractivity contribution in [2.45, 2.75) is 6.61 Å². The molecular formula is C13H9Br2IO. The van der Waals surface area contributed by atoms with Gasteiger partial charge in [0.2, 0.25) is 0 Å². The van der Waals surface area contributed by atoms with Crippen LogP contribution in [-0.2, 0) is 6.61 Å². The van der Waals surface area contributed by atoms with Crippen LogP contribution in [0.4, 0.5) is 0 Å². The van der Waals surface area contributed by atoms with Gasteiger partial charge in [-0.25, -0.2) is 0 Å². The van der Waals surface area contributed by atoms with E-state index in [1.165, 1.54) is 5.56 Å². The molecule has 1 nitrogen and oxygen atoms in total. The quantitative estimate of drug-likeness (QED) is 0.434. The Morgan fingerprint density at radius 3 is 2.18 bits per heavy atom. The molecule has 0 radical (unpaired) electrons. The minimum Gasteiger partial charge on any atom is -0.489 e. The predicted octanol–water partition coefficient (Wildman–Crippen LogP) is 5.40. The molecule has 0 heterocycles. The van der Waals surface area contributed by atoms with Crippen molar-refractivity contribution in [3.63, 3.8) is 0 Å². The van der Waals surface area contributed by atoms with Gasteiger partial charge in [0.05, 0.1) is 0 Å². The Morgan fingerprint density at radius 1 is 1.00 bits per heavy atom. The van der Waals surface area contributed by atoms with Gasteiger partial charge in [0.25, 0.3) is 0 Å². The fraction of sp³-hybridized carbons (Fsp3) is 0.0769. The van der Waals surface area contributed by atoms with Crippen molar-refractivity contribution in [3.8, 4) is 5.75 Å². The Kier molecular flexibility index (Phi) is 4.87. The summed E-state index contributed by atoms with van der Waals surface area (Å²) in [5, 5.41) is 0. The number of hydrogen-bond donors (Lipinski definition) is 0. The first-order valence-electron chi connectivity index (χ1n) is 4.98. The smallest absolute Gasteiger partial charge is 0.122 e. The van der Waals surface area contributed by atoms with E-state index >= 15 is 0 Å². The Morgan fingerprint density at radius 2 is 1.59 bits per heavy atom. The van der Waals surface area contributed by atoms with Crippen molar-refractivity contribution in [2.75, 3.05) is 0 Å². The van der Waals surface area contributed by atoms with Crippen molar-refractivity contribution >= 4 is 54.5 Å². The van der Waals surface area contributed by atoms with E-state index in [4.69, 9.17) is 4.74 Å². The van der Waals surface area contributed by atoms with Gasteiger partial charge in [0.15, 0.2) is 0 Å². The first-order chi connectivity index (χ1) is 8.16. The Balaban J connectivity index is 2.10. The number of halogens is 3. The first kappa shape index (κ1) is 13.4. The zero-order chi connectivity index (χ0) is 12.3. The minimum absolute atomic E-state index is 0.584. The molecule has 0 aliphatic heterocycles. The third-order valence-electron chi connectivity index (χ3n) is 2.21. The average Bonchev–Trinajstić information content (AvgIpc) is 2.34. The highest BCUT2D eigenvalue weighted by Crippen LogP contribution is 2.32. The van der Waals surface area contributed by atoms with E-state index in [1.807, 2.05) is 30.3 Å². The second-order valence-electron chi connectivity index (χ2n) is 3.48. The molecule has 0 aliphatic rings. The van der Waals surface area contributed by atoms with Gasteiger partial charge < -0.3 is 4.74 Å². The molecule has 0 bridgehead atoms. The van der Waals surface area contributed by atoms with Crippen LogP contribution in [0.1, 0.15) is 5.56 Å². The van der Waals surface area contributed by atoms with Crippen LogP contribution < -0.4 is 4.74 Å². The summed E-state index contributed by atoms with van der Waals surface area (Å²) >= 11 is 9.29. The molecule has 0 fully saturated rings. The average molecular weight is 468 g/mol. The Hall–Kier alpha value is -0.0700. The van der Waals surface area contributed by atoms with Gasteiger partial charge in [-0.3, -0.25) is 0 Å². The number of ether oxygens (including phenoxy) is 1. The molecule has 2 aromatic rings. The monoisotopic (exact) mass is 466 g/mol. The van der Waals surface area contributed by atoms with Gasteiger partial charge in [-0.1, -0.05) is 30.3 Å². The molecule has 0 N–H and O–H groups in total. The molecule has 4 heteroatoms. The summed E-state index contributed by atoms with van der Waals surface area (Å²) in [4.78, 5) is 0. The molecule has 0 aliphatic carbocycles. The summed E-state index contributed by atoms with van der Waals surface area (Å²) < 4.78 is 8.97. The normalized spacial score (nSPS) is 10.3. The van der Waals surface area contributed by atoms with E-state index in [9.17, 15) is 0 Å². The van der Waals surface area contributed by atoms with Crippen molar-refractivity contribution in [1.29, 1.82) is 0 Å². The molecule has 0 spiro atoms. The van der Waals surface area contributed by atoms with Crippen molar-refractivity contribution in [2.24, 2.45) is 0 Å². The third-order valence-corrected chi connectivity index (χ3v) is 6.10. The maximum atomic E-state index is 5.75. The van der Waals surface area contributed by atoms with Gasteiger partial charge in [0.1, 0.15) is 12.4 Å².